The van der Waals surface area contributed by atoms with Gasteiger partial charge in [0, 0.05) is 31.3 Å². The first kappa shape index (κ1) is 21.1. The number of carbonyl (C=O) groups excluding carboxylic acids is 1. The van der Waals surface area contributed by atoms with E-state index in [2.05, 4.69) is 9.71 Å². The van der Waals surface area contributed by atoms with E-state index < -0.39 is 21.5 Å². The average Bonchev–Trinajstić information content (AvgIpc) is 3.27. The van der Waals surface area contributed by atoms with Crippen molar-refractivity contribution < 1.29 is 17.9 Å². The fourth-order valence-corrected chi connectivity index (χ4v) is 7.41. The number of carbonyl (C=O) groups is 1. The Morgan fingerprint density at radius 1 is 1.37 bits per heavy atom. The molecule has 30 heavy (non-hydrogen) atoms. The molecule has 2 aromatic rings. The van der Waals surface area contributed by atoms with Crippen molar-refractivity contribution in [2.24, 2.45) is 23.8 Å². The normalized spacial score (nSPS) is 26.1. The van der Waals surface area contributed by atoms with Crippen LogP contribution in [0.25, 0.3) is 0 Å². The van der Waals surface area contributed by atoms with E-state index in [0.717, 1.165) is 12.0 Å². The van der Waals surface area contributed by atoms with Crippen LogP contribution in [0.15, 0.2) is 36.7 Å². The number of ketones is 1. The molecule has 0 amide bonds. The molecular formula is C22H29N3O4S. The molecule has 1 heterocycles. The minimum absolute atomic E-state index is 0.0871. The molecule has 0 saturated heterocycles. The molecule has 2 fully saturated rings. The van der Waals surface area contributed by atoms with Gasteiger partial charge in [0.15, 0.2) is 0 Å². The van der Waals surface area contributed by atoms with Crippen LogP contribution in [0.5, 0.6) is 5.75 Å². The quantitative estimate of drug-likeness (QED) is 0.728. The van der Waals surface area contributed by atoms with E-state index in [0.29, 0.717) is 24.4 Å². The van der Waals surface area contributed by atoms with Crippen LogP contribution in [0.3, 0.4) is 0 Å². The number of benzene rings is 1. The highest BCUT2D eigenvalue weighted by molar-refractivity contribution is 7.89. The summed E-state index contributed by atoms with van der Waals surface area (Å²) in [6, 6.07) is 6.60. The van der Waals surface area contributed by atoms with Crippen molar-refractivity contribution in [1.29, 1.82) is 0 Å². The molecule has 0 aliphatic heterocycles. The second-order valence-corrected chi connectivity index (χ2v) is 10.9. The molecular weight excluding hydrogens is 402 g/mol. The Balaban J connectivity index is 1.69. The Kier molecular flexibility index (Phi) is 5.05. The van der Waals surface area contributed by atoms with E-state index in [1.165, 1.54) is 0 Å². The number of nitrogens with zero attached hydrogens (tertiary/aromatic N) is 2. The van der Waals surface area contributed by atoms with Crippen LogP contribution in [0.2, 0.25) is 0 Å². The fourth-order valence-electron chi connectivity index (χ4n) is 5.40. The van der Waals surface area contributed by atoms with E-state index in [4.69, 9.17) is 4.74 Å². The molecule has 2 saturated carbocycles. The highest BCUT2D eigenvalue weighted by Gasteiger charge is 2.65. The van der Waals surface area contributed by atoms with Crippen molar-refractivity contribution in [2.75, 3.05) is 12.9 Å². The van der Waals surface area contributed by atoms with Crippen molar-refractivity contribution in [2.45, 2.75) is 39.2 Å². The number of hydrogen-bond acceptors (Lipinski definition) is 5. The van der Waals surface area contributed by atoms with Gasteiger partial charge < -0.3 is 9.30 Å². The van der Waals surface area contributed by atoms with Crippen LogP contribution < -0.4 is 9.46 Å². The van der Waals surface area contributed by atoms with Gasteiger partial charge in [-0.05, 0) is 41.9 Å². The molecule has 2 bridgehead atoms. The Morgan fingerprint density at radius 2 is 2.13 bits per heavy atom. The van der Waals surface area contributed by atoms with E-state index in [9.17, 15) is 13.2 Å². The molecule has 162 valence electrons. The van der Waals surface area contributed by atoms with Gasteiger partial charge >= 0.3 is 0 Å². The first-order valence-corrected chi connectivity index (χ1v) is 11.9. The summed E-state index contributed by atoms with van der Waals surface area (Å²) in [5, 5.41) is 0. The number of aryl methyl sites for hydroxylation is 1. The largest absolute Gasteiger partial charge is 0.497 e. The molecule has 2 aliphatic carbocycles. The molecule has 1 N–H and O–H groups in total. The molecule has 4 rings (SSSR count). The Bertz CT molecular complexity index is 1080. The molecule has 8 heteroatoms. The van der Waals surface area contributed by atoms with Crippen molar-refractivity contribution in [1.82, 2.24) is 14.3 Å². The molecule has 3 atom stereocenters. The Hall–Kier alpha value is -2.19. The number of imidazole rings is 1. The minimum atomic E-state index is -3.79. The number of methoxy groups -OCH3 is 1. The number of sulfonamides is 1. The summed E-state index contributed by atoms with van der Waals surface area (Å²) in [5.74, 6) is 1.38. The number of Topliss-reactive ketones (excluding diaryl/α,β-unsaturated/α-hetero) is 1. The lowest BCUT2D eigenvalue weighted by atomic mass is 9.70. The van der Waals surface area contributed by atoms with Crippen molar-refractivity contribution in [3.63, 3.8) is 0 Å². The molecule has 0 unspecified atom stereocenters. The zero-order valence-corrected chi connectivity index (χ0v) is 18.7. The smallest absolute Gasteiger partial charge is 0.213 e. The predicted molar refractivity (Wildman–Crippen MR) is 114 cm³/mol. The topological polar surface area (TPSA) is 90.3 Å². The van der Waals surface area contributed by atoms with Gasteiger partial charge in [-0.3, -0.25) is 4.79 Å². The van der Waals surface area contributed by atoms with Gasteiger partial charge in [0.1, 0.15) is 23.4 Å². The Morgan fingerprint density at radius 3 is 2.70 bits per heavy atom. The van der Waals surface area contributed by atoms with Crippen LogP contribution in [0.1, 0.15) is 50.5 Å². The van der Waals surface area contributed by atoms with Crippen LogP contribution in [-0.2, 0) is 21.9 Å². The van der Waals surface area contributed by atoms with E-state index >= 15 is 0 Å². The lowest BCUT2D eigenvalue weighted by Gasteiger charge is -2.36. The number of nitrogens with one attached hydrogen (secondary N) is 1. The van der Waals surface area contributed by atoms with Gasteiger partial charge in [0.05, 0.1) is 12.9 Å². The molecule has 1 aromatic carbocycles. The number of hydrogen-bond donors (Lipinski definition) is 1. The average molecular weight is 432 g/mol. The maximum absolute atomic E-state index is 13.4. The van der Waals surface area contributed by atoms with Crippen molar-refractivity contribution in [3.05, 3.63) is 48.0 Å². The number of aromatic nitrogens is 2. The van der Waals surface area contributed by atoms with Gasteiger partial charge in [0.2, 0.25) is 10.0 Å². The van der Waals surface area contributed by atoms with E-state index in [1.807, 2.05) is 39.1 Å². The van der Waals surface area contributed by atoms with Gasteiger partial charge in [-0.25, -0.2) is 18.1 Å². The van der Waals surface area contributed by atoms with Crippen LogP contribution in [0, 0.1) is 16.7 Å². The number of ether oxygens (including phenoxy) is 1. The molecule has 0 radical (unpaired) electrons. The summed E-state index contributed by atoms with van der Waals surface area (Å²) in [6.07, 6.45) is 5.45. The monoisotopic (exact) mass is 431 g/mol. The molecule has 7 nitrogen and oxygen atoms in total. The second kappa shape index (κ2) is 7.20. The number of fused-ring (bicyclic) bond motifs is 2. The third-order valence-electron chi connectivity index (χ3n) is 7.42. The summed E-state index contributed by atoms with van der Waals surface area (Å²) < 4.78 is 36.8. The standard InChI is InChI=1S/C22H29N3O4S/c1-21(2)16-8-9-22(21,18(26)13-16)14-30(27,28)24-19(20-23-10-11-25(20)3)15-6-5-7-17(12-15)29-4/h5-7,10-12,16,19,24H,8-9,13-14H2,1-4H3/t16-,19+,22-/m0/s1. The van der Waals surface area contributed by atoms with Crippen molar-refractivity contribution >= 4 is 15.8 Å². The summed E-state index contributed by atoms with van der Waals surface area (Å²) >= 11 is 0. The van der Waals surface area contributed by atoms with Gasteiger partial charge in [0.25, 0.3) is 0 Å². The van der Waals surface area contributed by atoms with Gasteiger partial charge in [-0.2, -0.15) is 0 Å². The highest BCUT2D eigenvalue weighted by Crippen LogP contribution is 2.64. The Labute approximate surface area is 177 Å². The van der Waals surface area contributed by atoms with Gasteiger partial charge in [-0.15, -0.1) is 0 Å². The van der Waals surface area contributed by atoms with Gasteiger partial charge in [-0.1, -0.05) is 26.0 Å². The zero-order chi connectivity index (χ0) is 21.7. The van der Waals surface area contributed by atoms with Crippen molar-refractivity contribution in [3.8, 4) is 5.75 Å². The lowest BCUT2D eigenvalue weighted by molar-refractivity contribution is -0.128. The fraction of sp³-hybridized carbons (Fsp3) is 0.545. The molecule has 1 aromatic heterocycles. The first-order valence-electron chi connectivity index (χ1n) is 10.2. The number of rotatable bonds is 7. The summed E-state index contributed by atoms with van der Waals surface area (Å²) in [4.78, 5) is 17.2. The summed E-state index contributed by atoms with van der Waals surface area (Å²) in [6.45, 7) is 4.09. The molecule has 0 spiro atoms. The predicted octanol–water partition coefficient (Wildman–Crippen LogP) is 2.83. The SMILES string of the molecule is COc1cccc([C@@H](NS(=O)(=O)C[C@@]23CC[C@@H](CC2=O)C3(C)C)c2nccn2C)c1. The highest BCUT2D eigenvalue weighted by atomic mass is 32.2. The maximum atomic E-state index is 13.4. The zero-order valence-electron chi connectivity index (χ0n) is 17.9. The lowest BCUT2D eigenvalue weighted by Crippen LogP contribution is -2.46. The maximum Gasteiger partial charge on any atom is 0.213 e. The third kappa shape index (κ3) is 3.26. The minimum Gasteiger partial charge on any atom is -0.497 e. The summed E-state index contributed by atoms with van der Waals surface area (Å²) in [7, 11) is -0.389. The van der Waals surface area contributed by atoms with Crippen LogP contribution in [-0.4, -0.2) is 36.6 Å². The summed E-state index contributed by atoms with van der Waals surface area (Å²) in [5.41, 5.74) is -0.400. The van der Waals surface area contributed by atoms with Crippen LogP contribution >= 0.6 is 0 Å². The van der Waals surface area contributed by atoms with Crippen LogP contribution in [0.4, 0.5) is 0 Å². The molecule has 2 aliphatic rings. The third-order valence-corrected chi connectivity index (χ3v) is 8.88. The van der Waals surface area contributed by atoms with E-state index in [1.54, 1.807) is 30.1 Å². The first-order chi connectivity index (χ1) is 14.1. The second-order valence-electron chi connectivity index (χ2n) is 9.15. The van der Waals surface area contributed by atoms with E-state index in [-0.39, 0.29) is 22.9 Å².